The summed E-state index contributed by atoms with van der Waals surface area (Å²) in [5.74, 6) is -1.40. The summed E-state index contributed by atoms with van der Waals surface area (Å²) in [6.07, 6.45) is 3.07. The summed E-state index contributed by atoms with van der Waals surface area (Å²) in [4.78, 5) is 11.0. The van der Waals surface area contributed by atoms with Crippen LogP contribution in [0.15, 0.2) is 18.2 Å². The van der Waals surface area contributed by atoms with Gasteiger partial charge in [0.15, 0.2) is 0 Å². The third kappa shape index (κ3) is 3.48. The Balaban J connectivity index is 2.02. The number of hydrogen-bond acceptors (Lipinski definition) is 3. The van der Waals surface area contributed by atoms with Crippen LogP contribution >= 0.6 is 0 Å². The Morgan fingerprint density at radius 3 is 2.90 bits per heavy atom. The molecule has 0 amide bonds. The second-order valence-corrected chi connectivity index (χ2v) is 5.49. The first-order chi connectivity index (χ1) is 9.47. The van der Waals surface area contributed by atoms with E-state index in [4.69, 9.17) is 5.11 Å². The predicted molar refractivity (Wildman–Crippen MR) is 73.0 cm³/mol. The van der Waals surface area contributed by atoms with Crippen molar-refractivity contribution in [3.8, 4) is 5.75 Å². The van der Waals surface area contributed by atoms with Crippen molar-refractivity contribution in [2.45, 2.75) is 44.7 Å². The van der Waals surface area contributed by atoms with E-state index in [1.807, 2.05) is 6.92 Å². The smallest absolute Gasteiger partial charge is 0.306 e. The topological polar surface area (TPSA) is 69.6 Å². The fourth-order valence-corrected chi connectivity index (χ4v) is 2.88. The quantitative estimate of drug-likeness (QED) is 0.793. The van der Waals surface area contributed by atoms with Crippen LogP contribution in [-0.4, -0.2) is 22.2 Å². The molecule has 1 fully saturated rings. The molecule has 20 heavy (non-hydrogen) atoms. The van der Waals surface area contributed by atoms with Crippen molar-refractivity contribution < 1.29 is 19.4 Å². The molecule has 5 heteroatoms. The fraction of sp³-hybridized carbons (Fsp3) is 0.533. The summed E-state index contributed by atoms with van der Waals surface area (Å²) in [5, 5.41) is 22.1. The van der Waals surface area contributed by atoms with Crippen LogP contribution in [0.25, 0.3) is 0 Å². The molecule has 0 spiro atoms. The maximum absolute atomic E-state index is 13.2. The number of aromatic hydroxyl groups is 1. The van der Waals surface area contributed by atoms with Gasteiger partial charge >= 0.3 is 5.97 Å². The molecule has 2 rings (SSSR count). The van der Waals surface area contributed by atoms with Crippen LogP contribution in [0.2, 0.25) is 0 Å². The molecule has 1 aliphatic rings. The van der Waals surface area contributed by atoms with Crippen molar-refractivity contribution in [3.05, 3.63) is 29.6 Å². The standard InChI is InChI=1S/C15H20FNO3/c1-9(13-8-11(16)5-6-14(13)18)17-12-4-2-3-10(7-12)15(19)20/h5-6,8-10,12,17-18H,2-4,7H2,1H3,(H,19,20). The lowest BCUT2D eigenvalue weighted by atomic mass is 9.85. The van der Waals surface area contributed by atoms with Crippen LogP contribution in [0.5, 0.6) is 5.75 Å². The van der Waals surface area contributed by atoms with Gasteiger partial charge in [0.2, 0.25) is 0 Å². The average molecular weight is 281 g/mol. The summed E-state index contributed by atoms with van der Waals surface area (Å²) in [6, 6.07) is 3.73. The third-order valence-corrected chi connectivity index (χ3v) is 3.97. The number of phenolic OH excluding ortho intramolecular Hbond substituents is 1. The molecule has 0 aromatic heterocycles. The number of hydrogen-bond donors (Lipinski definition) is 3. The van der Waals surface area contributed by atoms with Crippen molar-refractivity contribution in [1.82, 2.24) is 5.32 Å². The number of carbonyl (C=O) groups is 1. The van der Waals surface area contributed by atoms with E-state index < -0.39 is 11.8 Å². The Morgan fingerprint density at radius 1 is 1.45 bits per heavy atom. The van der Waals surface area contributed by atoms with E-state index in [0.29, 0.717) is 18.4 Å². The molecule has 1 aromatic carbocycles. The number of halogens is 1. The number of phenols is 1. The molecule has 1 saturated carbocycles. The number of carboxylic acids is 1. The Kier molecular flexibility index (Phi) is 4.60. The lowest BCUT2D eigenvalue weighted by molar-refractivity contribution is -0.143. The van der Waals surface area contributed by atoms with Crippen molar-refractivity contribution >= 4 is 5.97 Å². The number of rotatable bonds is 4. The summed E-state index contributed by atoms with van der Waals surface area (Å²) < 4.78 is 13.2. The second kappa shape index (κ2) is 6.22. The first-order valence-electron chi connectivity index (χ1n) is 6.94. The lowest BCUT2D eigenvalue weighted by Gasteiger charge is -2.30. The van der Waals surface area contributed by atoms with Crippen molar-refractivity contribution in [2.24, 2.45) is 5.92 Å². The zero-order valence-corrected chi connectivity index (χ0v) is 11.5. The van der Waals surface area contributed by atoms with E-state index in [-0.39, 0.29) is 23.8 Å². The molecule has 0 saturated heterocycles. The highest BCUT2D eigenvalue weighted by molar-refractivity contribution is 5.70. The minimum Gasteiger partial charge on any atom is -0.508 e. The van der Waals surface area contributed by atoms with Gasteiger partial charge in [0.1, 0.15) is 11.6 Å². The van der Waals surface area contributed by atoms with Crippen LogP contribution in [0.3, 0.4) is 0 Å². The number of aliphatic carboxylic acids is 1. The Morgan fingerprint density at radius 2 is 2.20 bits per heavy atom. The van der Waals surface area contributed by atoms with Gasteiger partial charge < -0.3 is 15.5 Å². The van der Waals surface area contributed by atoms with E-state index in [9.17, 15) is 14.3 Å². The highest BCUT2D eigenvalue weighted by Gasteiger charge is 2.28. The largest absolute Gasteiger partial charge is 0.508 e. The number of benzene rings is 1. The zero-order chi connectivity index (χ0) is 14.7. The molecule has 1 aromatic rings. The molecule has 3 unspecified atom stereocenters. The summed E-state index contributed by atoms with van der Waals surface area (Å²) in [7, 11) is 0. The van der Waals surface area contributed by atoms with Gasteiger partial charge in [-0.15, -0.1) is 0 Å². The molecular formula is C15H20FNO3. The summed E-state index contributed by atoms with van der Waals surface area (Å²) in [5.41, 5.74) is 0.502. The van der Waals surface area contributed by atoms with Gasteiger partial charge in [-0.2, -0.15) is 0 Å². The molecule has 0 aliphatic heterocycles. The van der Waals surface area contributed by atoms with Gasteiger partial charge in [0, 0.05) is 17.6 Å². The zero-order valence-electron chi connectivity index (χ0n) is 11.5. The minimum absolute atomic E-state index is 0.0528. The number of nitrogens with one attached hydrogen (secondary N) is 1. The molecule has 0 bridgehead atoms. The Labute approximate surface area is 117 Å². The molecule has 4 nitrogen and oxygen atoms in total. The normalized spacial score (nSPS) is 24.3. The Hall–Kier alpha value is -1.62. The van der Waals surface area contributed by atoms with E-state index in [1.54, 1.807) is 0 Å². The number of carboxylic acid groups (broad SMARTS) is 1. The lowest BCUT2D eigenvalue weighted by Crippen LogP contribution is -2.37. The highest BCUT2D eigenvalue weighted by Crippen LogP contribution is 2.29. The van der Waals surface area contributed by atoms with Gasteiger partial charge in [0.05, 0.1) is 5.92 Å². The summed E-state index contributed by atoms with van der Waals surface area (Å²) >= 11 is 0. The van der Waals surface area contributed by atoms with Gasteiger partial charge in [-0.25, -0.2) is 4.39 Å². The van der Waals surface area contributed by atoms with Crippen LogP contribution < -0.4 is 5.32 Å². The molecule has 1 aliphatic carbocycles. The van der Waals surface area contributed by atoms with Crippen LogP contribution in [0.1, 0.15) is 44.2 Å². The van der Waals surface area contributed by atoms with E-state index >= 15 is 0 Å². The maximum atomic E-state index is 13.2. The first-order valence-corrected chi connectivity index (χ1v) is 6.94. The SMILES string of the molecule is CC(NC1CCCC(C(=O)O)C1)c1cc(F)ccc1O. The van der Waals surface area contributed by atoms with E-state index in [2.05, 4.69) is 5.32 Å². The van der Waals surface area contributed by atoms with Crippen molar-refractivity contribution in [3.63, 3.8) is 0 Å². The van der Waals surface area contributed by atoms with Gasteiger partial charge in [-0.3, -0.25) is 4.79 Å². The molecule has 3 atom stereocenters. The molecule has 0 heterocycles. The third-order valence-electron chi connectivity index (χ3n) is 3.97. The van der Waals surface area contributed by atoms with E-state index in [0.717, 1.165) is 12.8 Å². The average Bonchev–Trinajstić information content (AvgIpc) is 2.41. The predicted octanol–water partition coefficient (Wildman–Crippen LogP) is 2.83. The van der Waals surface area contributed by atoms with Gasteiger partial charge in [-0.1, -0.05) is 6.42 Å². The van der Waals surface area contributed by atoms with Crippen LogP contribution in [-0.2, 0) is 4.79 Å². The molecule has 110 valence electrons. The van der Waals surface area contributed by atoms with Crippen LogP contribution in [0, 0.1) is 11.7 Å². The van der Waals surface area contributed by atoms with Crippen LogP contribution in [0.4, 0.5) is 4.39 Å². The Bertz CT molecular complexity index is 492. The summed E-state index contributed by atoms with van der Waals surface area (Å²) in [6.45, 7) is 1.85. The minimum atomic E-state index is -0.752. The molecular weight excluding hydrogens is 261 g/mol. The second-order valence-electron chi connectivity index (χ2n) is 5.49. The van der Waals surface area contributed by atoms with Crippen molar-refractivity contribution in [1.29, 1.82) is 0 Å². The molecule has 0 radical (unpaired) electrons. The van der Waals surface area contributed by atoms with Gasteiger partial charge in [-0.05, 0) is 44.4 Å². The molecule has 3 N–H and O–H groups in total. The maximum Gasteiger partial charge on any atom is 0.306 e. The van der Waals surface area contributed by atoms with E-state index in [1.165, 1.54) is 18.2 Å². The fourth-order valence-electron chi connectivity index (χ4n) is 2.88. The van der Waals surface area contributed by atoms with Gasteiger partial charge in [0.25, 0.3) is 0 Å². The monoisotopic (exact) mass is 281 g/mol. The van der Waals surface area contributed by atoms with Crippen molar-refractivity contribution in [2.75, 3.05) is 0 Å². The highest BCUT2D eigenvalue weighted by atomic mass is 19.1. The first kappa shape index (κ1) is 14.8.